The van der Waals surface area contributed by atoms with Gasteiger partial charge in [-0.25, -0.2) is 4.98 Å². The number of hydrogen-bond acceptors (Lipinski definition) is 3. The van der Waals surface area contributed by atoms with Crippen LogP contribution in [-0.4, -0.2) is 22.3 Å². The monoisotopic (exact) mass is 217 g/mol. The third kappa shape index (κ3) is 2.21. The Morgan fingerprint density at radius 1 is 1.25 bits per heavy atom. The van der Waals surface area contributed by atoms with Gasteiger partial charge >= 0.3 is 0 Å². The third-order valence-electron chi connectivity index (χ3n) is 2.37. The SMILES string of the molecule is CCCc1nc(-c2ccc(OC)cc2)n[nH]1. The first-order valence-electron chi connectivity index (χ1n) is 5.39. The minimum atomic E-state index is 0.742. The number of aryl methyl sites for hydroxylation is 1. The van der Waals surface area contributed by atoms with Gasteiger partial charge in [-0.3, -0.25) is 5.10 Å². The van der Waals surface area contributed by atoms with Crippen molar-refractivity contribution in [2.75, 3.05) is 7.11 Å². The highest BCUT2D eigenvalue weighted by Crippen LogP contribution is 2.18. The van der Waals surface area contributed by atoms with Crippen molar-refractivity contribution >= 4 is 0 Å². The Labute approximate surface area is 94.7 Å². The van der Waals surface area contributed by atoms with Crippen molar-refractivity contribution < 1.29 is 4.74 Å². The van der Waals surface area contributed by atoms with Crippen molar-refractivity contribution in [1.82, 2.24) is 15.2 Å². The second kappa shape index (κ2) is 4.79. The zero-order valence-corrected chi connectivity index (χ0v) is 9.53. The van der Waals surface area contributed by atoms with E-state index >= 15 is 0 Å². The standard InChI is InChI=1S/C12H15N3O/c1-3-4-11-13-12(15-14-11)9-5-7-10(16-2)8-6-9/h5-8H,3-4H2,1-2H3,(H,13,14,15). The van der Waals surface area contributed by atoms with E-state index in [0.29, 0.717) is 0 Å². The number of aromatic amines is 1. The van der Waals surface area contributed by atoms with E-state index < -0.39 is 0 Å². The molecule has 4 heteroatoms. The molecule has 0 saturated heterocycles. The normalized spacial score (nSPS) is 10.4. The van der Waals surface area contributed by atoms with Gasteiger partial charge in [-0.15, -0.1) is 0 Å². The molecule has 1 N–H and O–H groups in total. The summed E-state index contributed by atoms with van der Waals surface area (Å²) >= 11 is 0. The van der Waals surface area contributed by atoms with Crippen LogP contribution in [0.2, 0.25) is 0 Å². The molecule has 0 fully saturated rings. The molecule has 1 aromatic carbocycles. The van der Waals surface area contributed by atoms with Crippen LogP contribution in [0, 0.1) is 0 Å². The highest BCUT2D eigenvalue weighted by Gasteiger charge is 2.05. The smallest absolute Gasteiger partial charge is 0.181 e. The average molecular weight is 217 g/mol. The number of hydrogen-bond donors (Lipinski definition) is 1. The van der Waals surface area contributed by atoms with Crippen LogP contribution in [0.15, 0.2) is 24.3 Å². The maximum absolute atomic E-state index is 5.10. The molecule has 0 aliphatic carbocycles. The van der Waals surface area contributed by atoms with E-state index in [9.17, 15) is 0 Å². The summed E-state index contributed by atoms with van der Waals surface area (Å²) in [6.07, 6.45) is 2.00. The zero-order valence-electron chi connectivity index (χ0n) is 9.53. The largest absolute Gasteiger partial charge is 0.497 e. The molecule has 0 saturated carbocycles. The lowest BCUT2D eigenvalue weighted by molar-refractivity contribution is 0.415. The topological polar surface area (TPSA) is 50.8 Å². The second-order valence-electron chi connectivity index (χ2n) is 3.58. The second-order valence-corrected chi connectivity index (χ2v) is 3.58. The van der Waals surface area contributed by atoms with Gasteiger partial charge in [0.15, 0.2) is 5.82 Å². The van der Waals surface area contributed by atoms with Gasteiger partial charge in [0.25, 0.3) is 0 Å². The fourth-order valence-electron chi connectivity index (χ4n) is 1.51. The molecule has 84 valence electrons. The predicted molar refractivity (Wildman–Crippen MR) is 62.4 cm³/mol. The van der Waals surface area contributed by atoms with E-state index in [4.69, 9.17) is 4.74 Å². The summed E-state index contributed by atoms with van der Waals surface area (Å²) in [4.78, 5) is 4.42. The first-order valence-corrected chi connectivity index (χ1v) is 5.39. The Kier molecular flexibility index (Phi) is 3.19. The van der Waals surface area contributed by atoms with Gasteiger partial charge in [0, 0.05) is 12.0 Å². The summed E-state index contributed by atoms with van der Waals surface area (Å²) in [5, 5.41) is 7.13. The molecule has 0 atom stereocenters. The van der Waals surface area contributed by atoms with E-state index in [1.807, 2.05) is 24.3 Å². The van der Waals surface area contributed by atoms with Gasteiger partial charge < -0.3 is 4.74 Å². The minimum absolute atomic E-state index is 0.742. The Morgan fingerprint density at radius 3 is 2.62 bits per heavy atom. The lowest BCUT2D eigenvalue weighted by Gasteiger charge is -1.99. The van der Waals surface area contributed by atoms with Gasteiger partial charge in [0.1, 0.15) is 11.6 Å². The Morgan fingerprint density at radius 2 is 2.00 bits per heavy atom. The fourth-order valence-corrected chi connectivity index (χ4v) is 1.51. The number of rotatable bonds is 4. The number of ether oxygens (including phenoxy) is 1. The molecule has 0 spiro atoms. The van der Waals surface area contributed by atoms with Crippen molar-refractivity contribution in [2.24, 2.45) is 0 Å². The van der Waals surface area contributed by atoms with Gasteiger partial charge in [-0.2, -0.15) is 5.10 Å². The summed E-state index contributed by atoms with van der Waals surface area (Å²) < 4.78 is 5.10. The zero-order chi connectivity index (χ0) is 11.4. The highest BCUT2D eigenvalue weighted by molar-refractivity contribution is 5.55. The maximum atomic E-state index is 5.10. The molecule has 0 bridgehead atoms. The molecule has 0 aliphatic heterocycles. The number of benzene rings is 1. The van der Waals surface area contributed by atoms with Crippen LogP contribution in [0.3, 0.4) is 0 Å². The summed E-state index contributed by atoms with van der Waals surface area (Å²) in [5.41, 5.74) is 0.999. The Bertz CT molecular complexity index is 448. The lowest BCUT2D eigenvalue weighted by Crippen LogP contribution is -1.86. The van der Waals surface area contributed by atoms with Crippen LogP contribution in [-0.2, 0) is 6.42 Å². The molecule has 1 heterocycles. The van der Waals surface area contributed by atoms with Crippen LogP contribution in [0.5, 0.6) is 5.75 Å². The van der Waals surface area contributed by atoms with Crippen molar-refractivity contribution in [3.63, 3.8) is 0 Å². The molecule has 2 aromatic rings. The number of methoxy groups -OCH3 is 1. The van der Waals surface area contributed by atoms with Crippen LogP contribution < -0.4 is 4.74 Å². The number of aromatic nitrogens is 3. The fraction of sp³-hybridized carbons (Fsp3) is 0.333. The van der Waals surface area contributed by atoms with E-state index in [1.165, 1.54) is 0 Å². The average Bonchev–Trinajstić information content (AvgIpc) is 2.78. The van der Waals surface area contributed by atoms with Crippen LogP contribution in [0.4, 0.5) is 0 Å². The molecule has 0 unspecified atom stereocenters. The molecule has 1 aromatic heterocycles. The maximum Gasteiger partial charge on any atom is 0.181 e. The van der Waals surface area contributed by atoms with E-state index in [1.54, 1.807) is 7.11 Å². The molecule has 0 amide bonds. The molecule has 4 nitrogen and oxygen atoms in total. The third-order valence-corrected chi connectivity index (χ3v) is 2.37. The van der Waals surface area contributed by atoms with Crippen LogP contribution in [0.1, 0.15) is 19.2 Å². The van der Waals surface area contributed by atoms with E-state index in [2.05, 4.69) is 22.1 Å². The first-order chi connectivity index (χ1) is 7.83. The molecule has 2 rings (SSSR count). The molecule has 16 heavy (non-hydrogen) atoms. The summed E-state index contributed by atoms with van der Waals surface area (Å²) in [6.45, 7) is 2.12. The van der Waals surface area contributed by atoms with Crippen molar-refractivity contribution in [2.45, 2.75) is 19.8 Å². The molecular formula is C12H15N3O. The van der Waals surface area contributed by atoms with Crippen LogP contribution in [0.25, 0.3) is 11.4 Å². The minimum Gasteiger partial charge on any atom is -0.497 e. The highest BCUT2D eigenvalue weighted by atomic mass is 16.5. The van der Waals surface area contributed by atoms with Gasteiger partial charge in [0.2, 0.25) is 0 Å². The lowest BCUT2D eigenvalue weighted by atomic mass is 10.2. The van der Waals surface area contributed by atoms with Gasteiger partial charge in [-0.05, 0) is 30.7 Å². The van der Waals surface area contributed by atoms with Crippen LogP contribution >= 0.6 is 0 Å². The van der Waals surface area contributed by atoms with E-state index in [0.717, 1.165) is 35.8 Å². The van der Waals surface area contributed by atoms with Crippen molar-refractivity contribution in [3.05, 3.63) is 30.1 Å². The Balaban J connectivity index is 2.21. The number of nitrogens with zero attached hydrogens (tertiary/aromatic N) is 2. The van der Waals surface area contributed by atoms with Crippen molar-refractivity contribution in [1.29, 1.82) is 0 Å². The van der Waals surface area contributed by atoms with Gasteiger partial charge in [-0.1, -0.05) is 6.92 Å². The molecule has 0 radical (unpaired) electrons. The molecule has 0 aliphatic rings. The van der Waals surface area contributed by atoms with Crippen molar-refractivity contribution in [3.8, 4) is 17.1 Å². The summed E-state index contributed by atoms with van der Waals surface area (Å²) in [6, 6.07) is 7.73. The number of nitrogens with one attached hydrogen (secondary N) is 1. The molecular weight excluding hydrogens is 202 g/mol. The number of H-pyrrole nitrogens is 1. The predicted octanol–water partition coefficient (Wildman–Crippen LogP) is 2.43. The Hall–Kier alpha value is -1.84. The summed E-state index contributed by atoms with van der Waals surface area (Å²) in [7, 11) is 1.65. The first kappa shape index (κ1) is 10.7. The van der Waals surface area contributed by atoms with E-state index in [-0.39, 0.29) is 0 Å². The quantitative estimate of drug-likeness (QED) is 0.855. The van der Waals surface area contributed by atoms with Gasteiger partial charge in [0.05, 0.1) is 7.11 Å². The summed E-state index contributed by atoms with van der Waals surface area (Å²) in [5.74, 6) is 2.52.